The second-order valence-electron chi connectivity index (χ2n) is 10.0. The summed E-state index contributed by atoms with van der Waals surface area (Å²) in [4.78, 5) is 52.5. The highest BCUT2D eigenvalue weighted by Crippen LogP contribution is 2.43. The number of piperazine rings is 1. The van der Waals surface area contributed by atoms with Crippen LogP contribution in [0.25, 0.3) is 0 Å². The molecular formula is C26H38N4O5S. The summed E-state index contributed by atoms with van der Waals surface area (Å²) in [5, 5.41) is 18.4. The van der Waals surface area contributed by atoms with Crippen LogP contribution in [0.4, 0.5) is 0 Å². The lowest BCUT2D eigenvalue weighted by Crippen LogP contribution is -2.61. The molecule has 0 radical (unpaired) electrons. The summed E-state index contributed by atoms with van der Waals surface area (Å²) < 4.78 is 0. The average molecular weight is 519 g/mol. The molecule has 2 heterocycles. The fourth-order valence-electron chi connectivity index (χ4n) is 5.08. The largest absolute Gasteiger partial charge is 0.508 e. The first-order valence-electron chi connectivity index (χ1n) is 12.8. The zero-order valence-electron chi connectivity index (χ0n) is 21.0. The molecule has 3 rings (SSSR count). The smallest absolute Gasteiger partial charge is 0.246 e. The number of phenols is 1. The van der Waals surface area contributed by atoms with Gasteiger partial charge in [0.2, 0.25) is 23.6 Å². The van der Waals surface area contributed by atoms with E-state index in [1.165, 1.54) is 12.1 Å². The van der Waals surface area contributed by atoms with E-state index < -0.39 is 24.0 Å². The molecule has 2 saturated heterocycles. The van der Waals surface area contributed by atoms with E-state index in [2.05, 4.69) is 28.6 Å². The molecule has 0 spiro atoms. The molecule has 4 amide bonds. The fourth-order valence-corrected chi connectivity index (χ4v) is 5.19. The Labute approximate surface area is 218 Å². The van der Waals surface area contributed by atoms with E-state index in [1.54, 1.807) is 17.0 Å². The molecule has 198 valence electrons. The molecule has 0 bridgehead atoms. The third-order valence-corrected chi connectivity index (χ3v) is 7.10. The number of benzene rings is 1. The van der Waals surface area contributed by atoms with Crippen molar-refractivity contribution in [3.05, 3.63) is 29.8 Å². The molecule has 1 aromatic carbocycles. The standard InChI is InChI=1S/C26H38N4O5S/c1-16(2)13-20-26(35)30-21(25(34)29-20)14-19(23(30)17-7-9-18(31)10-8-17)24(33)28-12-6-4-3-5-11-27-22(32)15-36/h7-10,16,19-21,23,31,36H,3-6,11-15H2,1-2H3,(H,27,32)(H,28,33)(H,29,34)/t19-,20+,21-,23-/m1/s1. The third-order valence-electron chi connectivity index (χ3n) is 6.81. The van der Waals surface area contributed by atoms with Gasteiger partial charge in [0.05, 0.1) is 17.7 Å². The zero-order valence-corrected chi connectivity index (χ0v) is 21.9. The number of carbonyl (C=O) groups is 4. The van der Waals surface area contributed by atoms with Crippen molar-refractivity contribution in [3.63, 3.8) is 0 Å². The molecule has 0 aromatic heterocycles. The van der Waals surface area contributed by atoms with E-state index in [0.717, 1.165) is 31.2 Å². The minimum absolute atomic E-state index is 0.0793. The number of amides is 4. The first-order valence-corrected chi connectivity index (χ1v) is 13.4. The Balaban J connectivity index is 1.64. The number of aromatic hydroxyl groups is 1. The number of fused-ring (bicyclic) bond motifs is 1. The topological polar surface area (TPSA) is 128 Å². The average Bonchev–Trinajstić information content (AvgIpc) is 3.25. The molecule has 10 heteroatoms. The van der Waals surface area contributed by atoms with E-state index in [-0.39, 0.29) is 47.5 Å². The van der Waals surface area contributed by atoms with Crippen molar-refractivity contribution >= 4 is 36.3 Å². The number of unbranched alkanes of at least 4 members (excludes halogenated alkanes) is 3. The van der Waals surface area contributed by atoms with Crippen molar-refractivity contribution < 1.29 is 24.3 Å². The predicted molar refractivity (Wildman–Crippen MR) is 139 cm³/mol. The van der Waals surface area contributed by atoms with Gasteiger partial charge in [0.1, 0.15) is 17.8 Å². The maximum absolute atomic E-state index is 13.5. The van der Waals surface area contributed by atoms with Crippen molar-refractivity contribution in [2.45, 2.75) is 70.5 Å². The summed E-state index contributed by atoms with van der Waals surface area (Å²) in [7, 11) is 0. The summed E-state index contributed by atoms with van der Waals surface area (Å²) in [6.45, 7) is 5.12. The molecule has 0 aliphatic carbocycles. The predicted octanol–water partition coefficient (Wildman–Crippen LogP) is 1.92. The van der Waals surface area contributed by atoms with Crippen LogP contribution in [0, 0.1) is 11.8 Å². The molecule has 0 saturated carbocycles. The Morgan fingerprint density at radius 3 is 2.33 bits per heavy atom. The van der Waals surface area contributed by atoms with E-state index in [4.69, 9.17) is 0 Å². The molecular weight excluding hydrogens is 480 g/mol. The highest BCUT2D eigenvalue weighted by molar-refractivity contribution is 7.81. The Kier molecular flexibility index (Phi) is 10.0. The highest BCUT2D eigenvalue weighted by Gasteiger charge is 2.54. The third kappa shape index (κ3) is 6.93. The van der Waals surface area contributed by atoms with Crippen molar-refractivity contribution in [3.8, 4) is 5.75 Å². The van der Waals surface area contributed by atoms with Crippen molar-refractivity contribution in [2.75, 3.05) is 18.8 Å². The van der Waals surface area contributed by atoms with Crippen LogP contribution in [-0.2, 0) is 19.2 Å². The molecule has 2 aliphatic rings. The summed E-state index contributed by atoms with van der Waals surface area (Å²) in [5.41, 5.74) is 0.727. The van der Waals surface area contributed by atoms with Gasteiger partial charge < -0.3 is 26.0 Å². The lowest BCUT2D eigenvalue weighted by Gasteiger charge is -2.39. The number of phenolic OH excluding ortho intramolecular Hbond substituents is 1. The number of rotatable bonds is 12. The monoisotopic (exact) mass is 518 g/mol. The van der Waals surface area contributed by atoms with Gasteiger partial charge in [-0.2, -0.15) is 12.6 Å². The first-order chi connectivity index (χ1) is 17.2. The molecule has 2 fully saturated rings. The van der Waals surface area contributed by atoms with Gasteiger partial charge in [0, 0.05) is 13.1 Å². The van der Waals surface area contributed by atoms with Gasteiger partial charge in [0.15, 0.2) is 0 Å². The van der Waals surface area contributed by atoms with Crippen LogP contribution >= 0.6 is 12.6 Å². The number of thiol groups is 1. The van der Waals surface area contributed by atoms with Gasteiger partial charge in [-0.25, -0.2) is 0 Å². The molecule has 4 atom stereocenters. The Hall–Kier alpha value is -2.75. The molecule has 4 N–H and O–H groups in total. The van der Waals surface area contributed by atoms with Crippen LogP contribution in [-0.4, -0.2) is 64.6 Å². The van der Waals surface area contributed by atoms with E-state index in [0.29, 0.717) is 19.5 Å². The van der Waals surface area contributed by atoms with Gasteiger partial charge in [-0.15, -0.1) is 0 Å². The normalized spacial score (nSPS) is 23.4. The molecule has 1 aromatic rings. The Morgan fingerprint density at radius 1 is 1.08 bits per heavy atom. The van der Waals surface area contributed by atoms with E-state index >= 15 is 0 Å². The maximum Gasteiger partial charge on any atom is 0.246 e. The van der Waals surface area contributed by atoms with Crippen LogP contribution in [0.15, 0.2) is 24.3 Å². The van der Waals surface area contributed by atoms with Crippen LogP contribution in [0.2, 0.25) is 0 Å². The van der Waals surface area contributed by atoms with Gasteiger partial charge in [-0.1, -0.05) is 38.8 Å². The first kappa shape index (κ1) is 27.8. The minimum atomic E-state index is -0.692. The van der Waals surface area contributed by atoms with Gasteiger partial charge in [-0.05, 0) is 49.3 Å². The Bertz CT molecular complexity index is 939. The second kappa shape index (κ2) is 13.0. The summed E-state index contributed by atoms with van der Waals surface area (Å²) in [5.74, 6) is -0.695. The van der Waals surface area contributed by atoms with Crippen LogP contribution in [0.3, 0.4) is 0 Å². The lowest BCUT2D eigenvalue weighted by atomic mass is 9.92. The highest BCUT2D eigenvalue weighted by atomic mass is 32.1. The SMILES string of the molecule is CC(C)C[C@@H]1NC(=O)[C@H]2C[C@@H](C(=O)NCCCCCCNC(=O)CS)[C@@H](c3ccc(O)cc3)N2C1=O. The molecule has 2 aliphatic heterocycles. The minimum Gasteiger partial charge on any atom is -0.508 e. The molecule has 0 unspecified atom stereocenters. The van der Waals surface area contributed by atoms with E-state index in [9.17, 15) is 24.3 Å². The summed E-state index contributed by atoms with van der Waals surface area (Å²) in [6, 6.07) is 4.64. The van der Waals surface area contributed by atoms with Gasteiger partial charge >= 0.3 is 0 Å². The second-order valence-corrected chi connectivity index (χ2v) is 10.4. The fraction of sp³-hybridized carbons (Fsp3) is 0.615. The van der Waals surface area contributed by atoms with Crippen molar-refractivity contribution in [1.29, 1.82) is 0 Å². The summed E-state index contributed by atoms with van der Waals surface area (Å²) in [6.07, 6.45) is 4.30. The number of hydrogen-bond acceptors (Lipinski definition) is 6. The van der Waals surface area contributed by atoms with Gasteiger partial charge in [-0.3, -0.25) is 19.2 Å². The number of nitrogens with zero attached hydrogens (tertiary/aromatic N) is 1. The zero-order chi connectivity index (χ0) is 26.2. The summed E-state index contributed by atoms with van der Waals surface area (Å²) >= 11 is 3.92. The quantitative estimate of drug-likeness (QED) is 0.213. The Morgan fingerprint density at radius 2 is 1.72 bits per heavy atom. The maximum atomic E-state index is 13.5. The lowest BCUT2D eigenvalue weighted by molar-refractivity contribution is -0.150. The number of carbonyl (C=O) groups excluding carboxylic acids is 4. The van der Waals surface area contributed by atoms with Crippen LogP contribution in [0.5, 0.6) is 5.75 Å². The molecule has 9 nitrogen and oxygen atoms in total. The number of nitrogens with one attached hydrogen (secondary N) is 3. The van der Waals surface area contributed by atoms with E-state index in [1.807, 2.05) is 13.8 Å². The number of hydrogen-bond donors (Lipinski definition) is 5. The molecule has 36 heavy (non-hydrogen) atoms. The van der Waals surface area contributed by atoms with Crippen molar-refractivity contribution in [2.24, 2.45) is 11.8 Å². The van der Waals surface area contributed by atoms with Crippen molar-refractivity contribution in [1.82, 2.24) is 20.9 Å². The van der Waals surface area contributed by atoms with Gasteiger partial charge in [0.25, 0.3) is 0 Å². The van der Waals surface area contributed by atoms with Crippen LogP contribution in [0.1, 0.15) is 64.0 Å². The van der Waals surface area contributed by atoms with Crippen LogP contribution < -0.4 is 16.0 Å².